The molecule has 0 aliphatic rings. The van der Waals surface area contributed by atoms with E-state index >= 15 is 0 Å². The van der Waals surface area contributed by atoms with Crippen LogP contribution < -0.4 is 0 Å². The third-order valence-electron chi connectivity index (χ3n) is 2.50. The number of carbonyl (C=O) groups is 2. The summed E-state index contributed by atoms with van der Waals surface area (Å²) in [6, 6.07) is 1.01. The fraction of sp³-hybridized carbons (Fsp3) is 0.200. The molecule has 0 saturated heterocycles. The molecule has 1 aromatic carbocycles. The molecule has 0 saturated carbocycles. The summed E-state index contributed by atoms with van der Waals surface area (Å²) >= 11 is 0. The van der Waals surface area contributed by atoms with Crippen LogP contribution in [0.25, 0.3) is 0 Å². The zero-order valence-electron chi connectivity index (χ0n) is 9.46. The van der Waals surface area contributed by atoms with E-state index in [2.05, 4.69) is 0 Å². The van der Waals surface area contributed by atoms with Gasteiger partial charge in [0, 0.05) is 0 Å². The molecule has 0 aromatic heterocycles. The van der Waals surface area contributed by atoms with E-state index in [9.17, 15) is 18.0 Å². The Kier molecular flexibility index (Phi) is 5.35. The number of carboxylic acid groups (broad SMARTS) is 2. The number of benzene rings is 1. The van der Waals surface area contributed by atoms with E-state index in [1.807, 2.05) is 0 Å². The molecule has 0 unspecified atom stereocenters. The minimum absolute atomic E-state index is 0. The predicted molar refractivity (Wildman–Crippen MR) is 66.8 cm³/mol. The number of hydrogen-bond donors (Lipinski definition) is 3. The molecule has 0 atom stereocenters. The van der Waals surface area contributed by atoms with Crippen LogP contribution in [-0.4, -0.2) is 54.0 Å². The summed E-state index contributed by atoms with van der Waals surface area (Å²) < 4.78 is 31.4. The molecule has 1 rings (SSSR count). The monoisotopic (exact) mass is 282 g/mol. The fourth-order valence-electron chi connectivity index (χ4n) is 1.58. The average Bonchev–Trinajstić information content (AvgIpc) is 2.18. The van der Waals surface area contributed by atoms with Gasteiger partial charge in [0.25, 0.3) is 10.1 Å². The van der Waals surface area contributed by atoms with Crippen LogP contribution in [0.3, 0.4) is 0 Å². The number of carboxylic acids is 2. The molecule has 0 aliphatic heterocycles. The Bertz CT molecular complexity index is 648. The molecular formula is C10H11LiO7S. The predicted octanol–water partition coefficient (Wildman–Crippen LogP) is 0.298. The molecule has 100 valence electrons. The van der Waals surface area contributed by atoms with Crippen molar-refractivity contribution in [2.24, 2.45) is 0 Å². The van der Waals surface area contributed by atoms with Gasteiger partial charge in [0.05, 0.1) is 11.1 Å². The van der Waals surface area contributed by atoms with Gasteiger partial charge < -0.3 is 10.2 Å². The second-order valence-electron chi connectivity index (χ2n) is 3.66. The maximum absolute atomic E-state index is 11.2. The normalized spacial score (nSPS) is 10.7. The molecule has 0 amide bonds. The summed E-state index contributed by atoms with van der Waals surface area (Å²) in [6.07, 6.45) is 0. The van der Waals surface area contributed by atoms with Gasteiger partial charge in [0.1, 0.15) is 4.90 Å². The van der Waals surface area contributed by atoms with Crippen molar-refractivity contribution in [3.63, 3.8) is 0 Å². The van der Waals surface area contributed by atoms with Gasteiger partial charge >= 0.3 is 30.8 Å². The first-order valence-electron chi connectivity index (χ1n) is 4.65. The molecule has 9 heteroatoms. The maximum atomic E-state index is 11.2. The van der Waals surface area contributed by atoms with E-state index in [-0.39, 0.29) is 24.4 Å². The summed E-state index contributed by atoms with van der Waals surface area (Å²) in [4.78, 5) is 20.9. The Morgan fingerprint density at radius 2 is 1.58 bits per heavy atom. The van der Waals surface area contributed by atoms with E-state index in [0.29, 0.717) is 5.56 Å². The molecule has 7 nitrogen and oxygen atoms in total. The van der Waals surface area contributed by atoms with Gasteiger partial charge in [0.2, 0.25) is 0 Å². The molecule has 19 heavy (non-hydrogen) atoms. The molecule has 1 aromatic rings. The van der Waals surface area contributed by atoms with E-state index in [1.165, 1.54) is 13.8 Å². The van der Waals surface area contributed by atoms with E-state index < -0.39 is 38.1 Å². The number of hydrogen-bond acceptors (Lipinski definition) is 4. The van der Waals surface area contributed by atoms with Crippen LogP contribution in [0.15, 0.2) is 11.0 Å². The molecule has 0 aliphatic carbocycles. The molecule has 0 bridgehead atoms. The summed E-state index contributed by atoms with van der Waals surface area (Å²) in [5, 5.41) is 17.9. The Hall–Kier alpha value is -1.33. The molecule has 0 fully saturated rings. The summed E-state index contributed by atoms with van der Waals surface area (Å²) in [5.74, 6) is -3.25. The third kappa shape index (κ3) is 3.36. The van der Waals surface area contributed by atoms with Crippen LogP contribution >= 0.6 is 0 Å². The SMILES string of the molecule is Cc1cc(C(=O)O)c(S(=O)(=O)O)c(C(=O)O)c1C.[LiH]. The topological polar surface area (TPSA) is 129 Å². The number of aromatic carboxylic acids is 2. The minimum atomic E-state index is -4.96. The standard InChI is InChI=1S/C10H10O7S.Li.H/c1-4-3-6(9(11)12)8(18(15,16)17)7(5(4)2)10(13)14;;/h3H,1-2H3,(H,11,12)(H,13,14)(H,15,16,17);;. The van der Waals surface area contributed by atoms with Crippen LogP contribution in [0.1, 0.15) is 31.8 Å². The Balaban J connectivity index is 0.00000324. The molecular weight excluding hydrogens is 271 g/mol. The number of rotatable bonds is 3. The second-order valence-corrected chi connectivity index (χ2v) is 5.01. The van der Waals surface area contributed by atoms with Crippen molar-refractivity contribution in [1.29, 1.82) is 0 Å². The van der Waals surface area contributed by atoms with Gasteiger partial charge in [-0.15, -0.1) is 0 Å². The van der Waals surface area contributed by atoms with Gasteiger partial charge in [-0.3, -0.25) is 4.55 Å². The van der Waals surface area contributed by atoms with E-state index in [1.54, 1.807) is 0 Å². The first kappa shape index (κ1) is 17.7. The van der Waals surface area contributed by atoms with Crippen LogP contribution in [0.2, 0.25) is 0 Å². The van der Waals surface area contributed by atoms with Crippen molar-refractivity contribution in [2.75, 3.05) is 0 Å². The summed E-state index contributed by atoms with van der Waals surface area (Å²) in [5.41, 5.74) is -1.11. The van der Waals surface area contributed by atoms with Gasteiger partial charge in [-0.25, -0.2) is 9.59 Å². The van der Waals surface area contributed by atoms with Crippen molar-refractivity contribution in [3.8, 4) is 0 Å². The first-order valence-corrected chi connectivity index (χ1v) is 6.09. The van der Waals surface area contributed by atoms with Crippen LogP contribution in [-0.2, 0) is 10.1 Å². The van der Waals surface area contributed by atoms with Gasteiger partial charge in [-0.2, -0.15) is 8.42 Å². The zero-order chi connectivity index (χ0) is 14.2. The van der Waals surface area contributed by atoms with E-state index in [4.69, 9.17) is 14.8 Å². The Labute approximate surface area is 121 Å². The van der Waals surface area contributed by atoms with Gasteiger partial charge in [0.15, 0.2) is 0 Å². The van der Waals surface area contributed by atoms with Crippen LogP contribution in [0, 0.1) is 13.8 Å². The van der Waals surface area contributed by atoms with Crippen molar-refractivity contribution in [3.05, 3.63) is 28.3 Å². The van der Waals surface area contributed by atoms with Gasteiger partial charge in [-0.1, -0.05) is 0 Å². The zero-order valence-corrected chi connectivity index (χ0v) is 10.3. The quantitative estimate of drug-likeness (QED) is 0.537. The second kappa shape index (κ2) is 5.75. The first-order chi connectivity index (χ1) is 8.07. The van der Waals surface area contributed by atoms with Gasteiger partial charge in [-0.05, 0) is 31.0 Å². The van der Waals surface area contributed by atoms with Crippen LogP contribution in [0.5, 0.6) is 0 Å². The molecule has 0 radical (unpaired) electrons. The Morgan fingerprint density at radius 1 is 1.11 bits per heavy atom. The van der Waals surface area contributed by atoms with Crippen LogP contribution in [0.4, 0.5) is 0 Å². The van der Waals surface area contributed by atoms with Crippen molar-refractivity contribution < 1.29 is 32.8 Å². The molecule has 0 heterocycles. The van der Waals surface area contributed by atoms with Crippen molar-refractivity contribution >= 4 is 40.9 Å². The van der Waals surface area contributed by atoms with Crippen molar-refractivity contribution in [2.45, 2.75) is 18.7 Å². The Morgan fingerprint density at radius 3 is 1.89 bits per heavy atom. The average molecular weight is 282 g/mol. The summed E-state index contributed by atoms with van der Waals surface area (Å²) in [7, 11) is -4.96. The van der Waals surface area contributed by atoms with Crippen molar-refractivity contribution in [1.82, 2.24) is 0 Å². The fourth-order valence-corrected chi connectivity index (χ4v) is 2.50. The summed E-state index contributed by atoms with van der Waals surface area (Å²) in [6.45, 7) is 2.78. The molecule has 0 spiro atoms. The number of aryl methyl sites for hydroxylation is 1. The molecule has 3 N–H and O–H groups in total. The van der Waals surface area contributed by atoms with E-state index in [0.717, 1.165) is 6.07 Å². The third-order valence-corrected chi connectivity index (χ3v) is 3.44.